The van der Waals surface area contributed by atoms with Crippen LogP contribution in [0.5, 0.6) is 0 Å². The minimum atomic E-state index is 0.128. The van der Waals surface area contributed by atoms with Crippen LogP contribution >= 0.6 is 0 Å². The summed E-state index contributed by atoms with van der Waals surface area (Å²) < 4.78 is 0. The van der Waals surface area contributed by atoms with E-state index in [9.17, 15) is 4.79 Å². The number of fused-ring (bicyclic) bond motifs is 1. The zero-order valence-corrected chi connectivity index (χ0v) is 12.8. The highest BCUT2D eigenvalue weighted by molar-refractivity contribution is 5.95. The first-order chi connectivity index (χ1) is 10.2. The van der Waals surface area contributed by atoms with Crippen LogP contribution in [0.4, 0.5) is 5.82 Å². The Labute approximate surface area is 126 Å². The molecular formula is C17H25N3O. The fourth-order valence-electron chi connectivity index (χ4n) is 3.88. The van der Waals surface area contributed by atoms with E-state index in [0.717, 1.165) is 37.5 Å². The van der Waals surface area contributed by atoms with Gasteiger partial charge in [-0.2, -0.15) is 0 Å². The van der Waals surface area contributed by atoms with Crippen LogP contribution in [0.3, 0.4) is 0 Å². The molecule has 1 amide bonds. The summed E-state index contributed by atoms with van der Waals surface area (Å²) in [6, 6.07) is 3.61. The van der Waals surface area contributed by atoms with E-state index in [1.165, 1.54) is 25.7 Å². The lowest BCUT2D eigenvalue weighted by atomic mass is 9.75. The number of pyridine rings is 1. The monoisotopic (exact) mass is 287 g/mol. The van der Waals surface area contributed by atoms with Crippen molar-refractivity contribution in [3.8, 4) is 0 Å². The molecule has 1 aliphatic heterocycles. The molecule has 2 atom stereocenters. The van der Waals surface area contributed by atoms with Gasteiger partial charge in [-0.15, -0.1) is 0 Å². The minimum Gasteiger partial charge on any atom is -0.384 e. The first-order valence-electron chi connectivity index (χ1n) is 8.23. The standard InChI is InChI=1S/C17H25N3O/c1-2-15-9-14(10-16(18)19-15)17(21)20-8-7-12-5-3-4-6-13(12)11-20/h9-10,12-13H,2-8,11H2,1H3,(H2,18,19). The highest BCUT2D eigenvalue weighted by Crippen LogP contribution is 2.36. The highest BCUT2D eigenvalue weighted by atomic mass is 16.2. The number of aromatic nitrogens is 1. The molecule has 1 aromatic heterocycles. The molecule has 2 fully saturated rings. The molecule has 1 saturated heterocycles. The molecule has 4 nitrogen and oxygen atoms in total. The maximum Gasteiger partial charge on any atom is 0.254 e. The second-order valence-electron chi connectivity index (χ2n) is 6.47. The Bertz CT molecular complexity index is 529. The van der Waals surface area contributed by atoms with Gasteiger partial charge in [-0.25, -0.2) is 4.98 Å². The third kappa shape index (κ3) is 3.04. The first kappa shape index (κ1) is 14.4. The average molecular weight is 287 g/mol. The maximum absolute atomic E-state index is 12.7. The molecule has 0 spiro atoms. The summed E-state index contributed by atoms with van der Waals surface area (Å²) in [5.41, 5.74) is 7.42. The van der Waals surface area contributed by atoms with Crippen molar-refractivity contribution < 1.29 is 4.79 Å². The third-order valence-electron chi connectivity index (χ3n) is 5.09. The summed E-state index contributed by atoms with van der Waals surface area (Å²) in [6.45, 7) is 3.85. The van der Waals surface area contributed by atoms with Crippen molar-refractivity contribution >= 4 is 11.7 Å². The normalized spacial score (nSPS) is 25.5. The van der Waals surface area contributed by atoms with E-state index in [4.69, 9.17) is 5.73 Å². The van der Waals surface area contributed by atoms with Gasteiger partial charge in [0.1, 0.15) is 5.82 Å². The van der Waals surface area contributed by atoms with Gasteiger partial charge in [-0.1, -0.05) is 26.2 Å². The van der Waals surface area contributed by atoms with Crippen molar-refractivity contribution in [1.29, 1.82) is 0 Å². The van der Waals surface area contributed by atoms with Gasteiger partial charge in [0.25, 0.3) is 5.91 Å². The fraction of sp³-hybridized carbons (Fsp3) is 0.647. The zero-order valence-electron chi connectivity index (χ0n) is 12.8. The zero-order chi connectivity index (χ0) is 14.8. The van der Waals surface area contributed by atoms with Gasteiger partial charge >= 0.3 is 0 Å². The number of hydrogen-bond donors (Lipinski definition) is 1. The van der Waals surface area contributed by atoms with Crippen LogP contribution in [0.2, 0.25) is 0 Å². The van der Waals surface area contributed by atoms with Crippen molar-refractivity contribution in [1.82, 2.24) is 9.88 Å². The van der Waals surface area contributed by atoms with E-state index < -0.39 is 0 Å². The third-order valence-corrected chi connectivity index (χ3v) is 5.09. The Morgan fingerprint density at radius 1 is 1.29 bits per heavy atom. The number of nitrogen functional groups attached to an aromatic ring is 1. The van der Waals surface area contributed by atoms with Gasteiger partial charge < -0.3 is 10.6 Å². The molecule has 3 rings (SSSR count). The van der Waals surface area contributed by atoms with E-state index in [-0.39, 0.29) is 5.91 Å². The maximum atomic E-state index is 12.7. The SMILES string of the molecule is CCc1cc(C(=O)N2CCC3CCCCC3C2)cc(N)n1. The lowest BCUT2D eigenvalue weighted by Crippen LogP contribution is -2.44. The predicted molar refractivity (Wildman–Crippen MR) is 84.0 cm³/mol. The molecule has 4 heteroatoms. The molecule has 21 heavy (non-hydrogen) atoms. The molecule has 1 aromatic rings. The van der Waals surface area contributed by atoms with Gasteiger partial charge in [0, 0.05) is 24.3 Å². The number of carbonyl (C=O) groups excluding carboxylic acids is 1. The van der Waals surface area contributed by atoms with E-state index in [2.05, 4.69) is 4.98 Å². The van der Waals surface area contributed by atoms with E-state index in [0.29, 0.717) is 17.3 Å². The molecule has 0 aromatic carbocycles. The number of nitrogens with two attached hydrogens (primary N) is 1. The molecule has 0 bridgehead atoms. The van der Waals surface area contributed by atoms with Crippen LogP contribution < -0.4 is 5.73 Å². The number of amides is 1. The van der Waals surface area contributed by atoms with Gasteiger partial charge in [-0.05, 0) is 43.2 Å². The van der Waals surface area contributed by atoms with Gasteiger partial charge in [0.05, 0.1) is 0 Å². The van der Waals surface area contributed by atoms with Crippen LogP contribution in [0.25, 0.3) is 0 Å². The summed E-state index contributed by atoms with van der Waals surface area (Å²) in [5, 5.41) is 0. The molecule has 114 valence electrons. The van der Waals surface area contributed by atoms with Crippen LogP contribution in [0, 0.1) is 11.8 Å². The number of hydrogen-bond acceptors (Lipinski definition) is 3. The van der Waals surface area contributed by atoms with Crippen molar-refractivity contribution in [3.05, 3.63) is 23.4 Å². The van der Waals surface area contributed by atoms with Crippen LogP contribution in [-0.4, -0.2) is 28.9 Å². The number of rotatable bonds is 2. The van der Waals surface area contributed by atoms with Crippen LogP contribution in [0.15, 0.2) is 12.1 Å². The minimum absolute atomic E-state index is 0.128. The Kier molecular flexibility index (Phi) is 4.13. The predicted octanol–water partition coefficient (Wildman–Crippen LogP) is 2.88. The Hall–Kier alpha value is -1.58. The molecule has 1 aliphatic carbocycles. The lowest BCUT2D eigenvalue weighted by Gasteiger charge is -2.41. The summed E-state index contributed by atoms with van der Waals surface area (Å²) in [6.07, 6.45) is 7.30. The van der Waals surface area contributed by atoms with E-state index in [1.807, 2.05) is 17.9 Å². The Balaban J connectivity index is 1.74. The second kappa shape index (κ2) is 6.04. The molecule has 2 heterocycles. The molecule has 2 N–H and O–H groups in total. The highest BCUT2D eigenvalue weighted by Gasteiger charge is 2.33. The summed E-state index contributed by atoms with van der Waals surface area (Å²) in [7, 11) is 0. The summed E-state index contributed by atoms with van der Waals surface area (Å²) >= 11 is 0. The number of anilines is 1. The molecule has 2 unspecified atom stereocenters. The lowest BCUT2D eigenvalue weighted by molar-refractivity contribution is 0.0520. The number of nitrogens with zero attached hydrogens (tertiary/aromatic N) is 2. The van der Waals surface area contributed by atoms with Gasteiger partial charge in [0.2, 0.25) is 0 Å². The quantitative estimate of drug-likeness (QED) is 0.910. The van der Waals surface area contributed by atoms with Crippen molar-refractivity contribution in [3.63, 3.8) is 0 Å². The first-order valence-corrected chi connectivity index (χ1v) is 8.23. The smallest absolute Gasteiger partial charge is 0.254 e. The van der Waals surface area contributed by atoms with Crippen LogP contribution in [-0.2, 0) is 6.42 Å². The summed E-state index contributed by atoms with van der Waals surface area (Å²) in [5.74, 6) is 2.13. The number of likely N-dealkylation sites (tertiary alicyclic amines) is 1. The van der Waals surface area contributed by atoms with Crippen molar-refractivity contribution in [2.24, 2.45) is 11.8 Å². The molecule has 2 aliphatic rings. The number of aryl methyl sites for hydroxylation is 1. The second-order valence-corrected chi connectivity index (χ2v) is 6.47. The number of piperidine rings is 1. The number of carbonyl (C=O) groups is 1. The molecular weight excluding hydrogens is 262 g/mol. The largest absolute Gasteiger partial charge is 0.384 e. The molecule has 0 radical (unpaired) electrons. The van der Waals surface area contributed by atoms with E-state index >= 15 is 0 Å². The Morgan fingerprint density at radius 3 is 2.81 bits per heavy atom. The van der Waals surface area contributed by atoms with Crippen LogP contribution in [0.1, 0.15) is 55.1 Å². The summed E-state index contributed by atoms with van der Waals surface area (Å²) in [4.78, 5) is 19.0. The topological polar surface area (TPSA) is 59.2 Å². The fourth-order valence-corrected chi connectivity index (χ4v) is 3.88. The average Bonchev–Trinajstić information content (AvgIpc) is 2.53. The van der Waals surface area contributed by atoms with Crippen molar-refractivity contribution in [2.45, 2.75) is 45.4 Å². The molecule has 1 saturated carbocycles. The Morgan fingerprint density at radius 2 is 2.05 bits per heavy atom. The van der Waals surface area contributed by atoms with E-state index in [1.54, 1.807) is 6.07 Å². The van der Waals surface area contributed by atoms with Crippen molar-refractivity contribution in [2.75, 3.05) is 18.8 Å². The van der Waals surface area contributed by atoms with Gasteiger partial charge in [0.15, 0.2) is 0 Å². The van der Waals surface area contributed by atoms with Gasteiger partial charge in [-0.3, -0.25) is 4.79 Å².